The zero-order valence-electron chi connectivity index (χ0n) is 6.86. The lowest BCUT2D eigenvalue weighted by Gasteiger charge is -2.34. The van der Waals surface area contributed by atoms with E-state index in [4.69, 9.17) is 9.47 Å². The summed E-state index contributed by atoms with van der Waals surface area (Å²) in [6, 6.07) is 0. The molecule has 2 fully saturated rings. The second-order valence-corrected chi connectivity index (χ2v) is 3.59. The molecule has 2 aliphatic heterocycles. The first-order chi connectivity index (χ1) is 5.20. The van der Waals surface area contributed by atoms with Crippen LogP contribution in [0.3, 0.4) is 0 Å². The van der Waals surface area contributed by atoms with E-state index in [0.29, 0.717) is 18.4 Å². The highest BCUT2D eigenvalue weighted by Crippen LogP contribution is 2.35. The van der Waals surface area contributed by atoms with E-state index in [1.807, 2.05) is 6.92 Å². The van der Waals surface area contributed by atoms with Gasteiger partial charge in [0.25, 0.3) is 0 Å². The number of hydrogen-bond acceptors (Lipinski definition) is 3. The number of hydrogen-bond donors (Lipinski definition) is 1. The molecule has 0 aromatic rings. The van der Waals surface area contributed by atoms with E-state index in [9.17, 15) is 5.11 Å². The third kappa shape index (κ3) is 0.991. The maximum Gasteiger partial charge on any atom is 0.161 e. The summed E-state index contributed by atoms with van der Waals surface area (Å²) in [7, 11) is 0. The predicted octanol–water partition coefficient (Wildman–Crippen LogP) is 0.375. The van der Waals surface area contributed by atoms with Crippen LogP contribution in [0.25, 0.3) is 0 Å². The quantitative estimate of drug-likeness (QED) is 0.553. The summed E-state index contributed by atoms with van der Waals surface area (Å²) in [6.45, 7) is 4.66. The first kappa shape index (κ1) is 7.53. The molecule has 3 heteroatoms. The highest BCUT2D eigenvalue weighted by molar-refractivity contribution is 4.88. The summed E-state index contributed by atoms with van der Waals surface area (Å²) in [6.07, 6.45) is -0.492. The van der Waals surface area contributed by atoms with Crippen LogP contribution in [-0.2, 0) is 9.47 Å². The first-order valence-corrected chi connectivity index (χ1v) is 4.15. The lowest BCUT2D eigenvalue weighted by atomic mass is 9.86. The highest BCUT2D eigenvalue weighted by atomic mass is 16.7. The second-order valence-electron chi connectivity index (χ2n) is 3.59. The van der Waals surface area contributed by atoms with Crippen LogP contribution in [0, 0.1) is 11.8 Å². The van der Waals surface area contributed by atoms with Crippen LogP contribution in [0.2, 0.25) is 0 Å². The highest BCUT2D eigenvalue weighted by Gasteiger charge is 2.45. The van der Waals surface area contributed by atoms with Crippen molar-refractivity contribution in [2.24, 2.45) is 11.8 Å². The van der Waals surface area contributed by atoms with Crippen LogP contribution in [0.1, 0.15) is 13.8 Å². The average molecular weight is 158 g/mol. The molecule has 0 aliphatic carbocycles. The molecule has 0 spiro atoms. The smallest absolute Gasteiger partial charge is 0.161 e. The third-order valence-electron chi connectivity index (χ3n) is 2.91. The molecule has 2 bridgehead atoms. The van der Waals surface area contributed by atoms with Gasteiger partial charge in [-0.15, -0.1) is 0 Å². The normalized spacial score (nSPS) is 56.5. The molecule has 2 heterocycles. The molecule has 2 unspecified atom stereocenters. The van der Waals surface area contributed by atoms with Crippen LogP contribution in [0.15, 0.2) is 0 Å². The zero-order chi connectivity index (χ0) is 8.01. The predicted molar refractivity (Wildman–Crippen MR) is 38.9 cm³/mol. The van der Waals surface area contributed by atoms with Gasteiger partial charge in [0, 0.05) is 5.92 Å². The Bertz CT molecular complexity index is 139. The summed E-state index contributed by atoms with van der Waals surface area (Å²) in [5, 5.41) is 9.63. The van der Waals surface area contributed by atoms with Crippen LogP contribution in [-0.4, -0.2) is 30.2 Å². The summed E-state index contributed by atoms with van der Waals surface area (Å²) in [5.41, 5.74) is 0. The van der Waals surface area contributed by atoms with Gasteiger partial charge in [-0.3, -0.25) is 0 Å². The van der Waals surface area contributed by atoms with Gasteiger partial charge in [0.1, 0.15) is 6.10 Å². The van der Waals surface area contributed by atoms with Gasteiger partial charge in [-0.25, -0.2) is 0 Å². The first-order valence-electron chi connectivity index (χ1n) is 4.15. The average Bonchev–Trinajstić information content (AvgIpc) is 2.44. The van der Waals surface area contributed by atoms with Gasteiger partial charge in [-0.1, -0.05) is 13.8 Å². The zero-order valence-corrected chi connectivity index (χ0v) is 6.86. The fraction of sp³-hybridized carbons (Fsp3) is 1.00. The Kier molecular flexibility index (Phi) is 1.67. The Balaban J connectivity index is 2.16. The van der Waals surface area contributed by atoms with Gasteiger partial charge in [0.15, 0.2) is 6.29 Å². The number of aliphatic hydroxyl groups excluding tert-OH is 1. The molecule has 3 nitrogen and oxygen atoms in total. The molecule has 0 radical (unpaired) electrons. The Morgan fingerprint density at radius 3 is 2.73 bits per heavy atom. The molecule has 0 aromatic heterocycles. The van der Waals surface area contributed by atoms with Crippen LogP contribution < -0.4 is 0 Å². The van der Waals surface area contributed by atoms with Crippen molar-refractivity contribution in [1.29, 1.82) is 0 Å². The Morgan fingerprint density at radius 1 is 1.27 bits per heavy atom. The molecule has 2 rings (SSSR count). The summed E-state index contributed by atoms with van der Waals surface area (Å²) in [5.74, 6) is 0.602. The van der Waals surface area contributed by atoms with Gasteiger partial charge >= 0.3 is 0 Å². The third-order valence-corrected chi connectivity index (χ3v) is 2.91. The minimum atomic E-state index is -0.344. The van der Waals surface area contributed by atoms with Crippen molar-refractivity contribution < 1.29 is 14.6 Å². The second kappa shape index (κ2) is 2.44. The van der Waals surface area contributed by atoms with E-state index >= 15 is 0 Å². The maximum atomic E-state index is 9.63. The molecule has 0 saturated carbocycles. The Morgan fingerprint density at radius 2 is 2.00 bits per heavy atom. The van der Waals surface area contributed by atoms with E-state index in [2.05, 4.69) is 6.92 Å². The van der Waals surface area contributed by atoms with Gasteiger partial charge in [0.2, 0.25) is 0 Å². The van der Waals surface area contributed by atoms with Crippen molar-refractivity contribution in [3.8, 4) is 0 Å². The van der Waals surface area contributed by atoms with Crippen LogP contribution >= 0.6 is 0 Å². The maximum absolute atomic E-state index is 9.63. The van der Waals surface area contributed by atoms with Crippen molar-refractivity contribution in [2.75, 3.05) is 6.61 Å². The molecule has 2 aliphatic rings. The molecule has 64 valence electrons. The molecular formula is C8H14O3. The van der Waals surface area contributed by atoms with Gasteiger partial charge in [-0.05, 0) is 5.92 Å². The molecule has 0 amide bonds. The topological polar surface area (TPSA) is 38.7 Å². The standard InChI is InChI=1S/C8H14O3/c1-4-5(2)8-10-3-6(11-8)7(4)9/h4-9H,3H2,1-2H3/t4-,5?,6?,7+,8-/m1/s1. The molecule has 0 aromatic carbocycles. The molecule has 11 heavy (non-hydrogen) atoms. The largest absolute Gasteiger partial charge is 0.390 e. The van der Waals surface area contributed by atoms with E-state index in [0.717, 1.165) is 0 Å². The van der Waals surface area contributed by atoms with Crippen molar-refractivity contribution >= 4 is 0 Å². The molecule has 2 saturated heterocycles. The van der Waals surface area contributed by atoms with Gasteiger partial charge < -0.3 is 14.6 Å². The number of ether oxygens (including phenoxy) is 2. The SMILES string of the molecule is CC1[C@@H]2OCC(O2)[C@@H](O)[C@@H]1C. The van der Waals surface area contributed by atoms with Crippen LogP contribution in [0.4, 0.5) is 0 Å². The number of fused-ring (bicyclic) bond motifs is 2. The minimum absolute atomic E-state index is 0.0709. The molecule has 1 N–H and O–H groups in total. The van der Waals surface area contributed by atoms with Crippen molar-refractivity contribution in [3.05, 3.63) is 0 Å². The number of rotatable bonds is 0. The van der Waals surface area contributed by atoms with Crippen molar-refractivity contribution in [2.45, 2.75) is 32.3 Å². The minimum Gasteiger partial charge on any atom is -0.390 e. The lowest BCUT2D eigenvalue weighted by molar-refractivity contribution is -0.173. The number of aliphatic hydroxyl groups is 1. The Labute approximate surface area is 66.3 Å². The van der Waals surface area contributed by atoms with Gasteiger partial charge in [-0.2, -0.15) is 0 Å². The lowest BCUT2D eigenvalue weighted by Crippen LogP contribution is -2.44. The van der Waals surface area contributed by atoms with E-state index in [1.54, 1.807) is 0 Å². The summed E-state index contributed by atoms with van der Waals surface area (Å²) in [4.78, 5) is 0. The van der Waals surface area contributed by atoms with Crippen LogP contribution in [0.5, 0.6) is 0 Å². The van der Waals surface area contributed by atoms with Crippen molar-refractivity contribution in [1.82, 2.24) is 0 Å². The van der Waals surface area contributed by atoms with E-state index in [1.165, 1.54) is 0 Å². The van der Waals surface area contributed by atoms with E-state index in [-0.39, 0.29) is 18.5 Å². The molecule has 5 atom stereocenters. The molecular weight excluding hydrogens is 144 g/mol. The van der Waals surface area contributed by atoms with Crippen molar-refractivity contribution in [3.63, 3.8) is 0 Å². The fourth-order valence-electron chi connectivity index (χ4n) is 1.79. The fourth-order valence-corrected chi connectivity index (χ4v) is 1.79. The Hall–Kier alpha value is -0.120. The summed E-state index contributed by atoms with van der Waals surface area (Å²) < 4.78 is 10.8. The van der Waals surface area contributed by atoms with E-state index < -0.39 is 0 Å². The monoisotopic (exact) mass is 158 g/mol. The van der Waals surface area contributed by atoms with Gasteiger partial charge in [0.05, 0.1) is 12.7 Å². The summed E-state index contributed by atoms with van der Waals surface area (Å²) >= 11 is 0.